The Balaban J connectivity index is 3.00. The van der Waals surface area contributed by atoms with Crippen LogP contribution in [0.25, 0.3) is 0 Å². The van der Waals surface area contributed by atoms with Gasteiger partial charge in [0, 0.05) is 11.8 Å². The van der Waals surface area contributed by atoms with Gasteiger partial charge in [0.15, 0.2) is 0 Å². The van der Waals surface area contributed by atoms with Crippen molar-refractivity contribution in [3.63, 3.8) is 0 Å². The molecule has 0 radical (unpaired) electrons. The smallest absolute Gasteiger partial charge is 0.378 e. The second kappa shape index (κ2) is 4.30. The summed E-state index contributed by atoms with van der Waals surface area (Å²) in [6, 6.07) is 2.01. The summed E-state index contributed by atoms with van der Waals surface area (Å²) in [6.07, 6.45) is 0.840. The van der Waals surface area contributed by atoms with E-state index in [0.717, 1.165) is 18.3 Å². The Kier molecular flexibility index (Phi) is 3.09. The second-order valence-corrected chi connectivity index (χ2v) is 2.70. The van der Waals surface area contributed by atoms with Crippen molar-refractivity contribution >= 4 is 23.5 Å². The number of nitrogens with zero attached hydrogens (tertiary/aromatic N) is 1. The van der Waals surface area contributed by atoms with E-state index in [1.54, 1.807) is 0 Å². The maximum absolute atomic E-state index is 10.9. The zero-order chi connectivity index (χ0) is 12.3. The highest BCUT2D eigenvalue weighted by Gasteiger charge is 2.18. The molecule has 0 amide bonds. The molecule has 16 heavy (non-hydrogen) atoms. The molecule has 0 spiro atoms. The van der Waals surface area contributed by atoms with Crippen LogP contribution in [0.15, 0.2) is 18.3 Å². The molecule has 1 rings (SSSR count). The van der Waals surface area contributed by atoms with E-state index in [1.807, 2.05) is 0 Å². The quantitative estimate of drug-likeness (QED) is 0.526. The van der Waals surface area contributed by atoms with Crippen LogP contribution in [0.3, 0.4) is 0 Å². The van der Waals surface area contributed by atoms with E-state index >= 15 is 0 Å². The zero-order valence-electron chi connectivity index (χ0n) is 7.71. The van der Waals surface area contributed by atoms with Crippen LogP contribution in [0.4, 0.5) is 0 Å². The Hall–Kier alpha value is -2.57. The number of aliphatic carboxylic acids is 2. The van der Waals surface area contributed by atoms with E-state index in [0.29, 0.717) is 0 Å². The summed E-state index contributed by atoms with van der Waals surface area (Å²) in [5.41, 5.74) is -0.594. The van der Waals surface area contributed by atoms with Crippen molar-refractivity contribution in [1.29, 1.82) is 0 Å². The number of carbonyl (C=O) groups excluding carboxylic acids is 2. The van der Waals surface area contributed by atoms with Gasteiger partial charge < -0.3 is 10.2 Å². The van der Waals surface area contributed by atoms with Crippen molar-refractivity contribution in [2.45, 2.75) is 0 Å². The SMILES string of the molecule is O=C(O)C(=O)c1ccc(C(=O)C(=O)O)nc1. The standard InChI is InChI=1S/C9H5NO6/c11-6(8(13)14)4-1-2-5(10-3-4)7(12)9(15)16/h1-3H,(H,13,14)(H,15,16). The lowest BCUT2D eigenvalue weighted by atomic mass is 10.1. The first-order valence-corrected chi connectivity index (χ1v) is 3.94. The summed E-state index contributed by atoms with van der Waals surface area (Å²) in [7, 11) is 0. The summed E-state index contributed by atoms with van der Waals surface area (Å²) < 4.78 is 0. The first-order valence-electron chi connectivity index (χ1n) is 3.94. The van der Waals surface area contributed by atoms with Gasteiger partial charge in [-0.15, -0.1) is 0 Å². The number of rotatable bonds is 4. The van der Waals surface area contributed by atoms with Crippen LogP contribution < -0.4 is 0 Å². The van der Waals surface area contributed by atoms with Gasteiger partial charge in [-0.2, -0.15) is 0 Å². The Labute approximate surface area is 88.3 Å². The number of Topliss-reactive ketones (excluding diaryl/α,β-unsaturated/α-hetero) is 2. The molecule has 1 heterocycles. The fourth-order valence-corrected chi connectivity index (χ4v) is 0.896. The van der Waals surface area contributed by atoms with Crippen molar-refractivity contribution < 1.29 is 29.4 Å². The van der Waals surface area contributed by atoms with E-state index in [2.05, 4.69) is 4.98 Å². The Morgan fingerprint density at radius 3 is 1.88 bits per heavy atom. The molecule has 1 aromatic rings. The number of hydrogen-bond acceptors (Lipinski definition) is 5. The summed E-state index contributed by atoms with van der Waals surface area (Å²) in [5.74, 6) is -5.74. The molecule has 0 aliphatic heterocycles. The molecule has 7 nitrogen and oxygen atoms in total. The second-order valence-electron chi connectivity index (χ2n) is 2.70. The average Bonchev–Trinajstić information content (AvgIpc) is 2.27. The lowest BCUT2D eigenvalue weighted by Gasteiger charge is -1.97. The zero-order valence-corrected chi connectivity index (χ0v) is 7.71. The lowest BCUT2D eigenvalue weighted by Crippen LogP contribution is -2.16. The lowest BCUT2D eigenvalue weighted by molar-refractivity contribution is -0.132. The predicted molar refractivity (Wildman–Crippen MR) is 48.2 cm³/mol. The first kappa shape index (κ1) is 11.5. The summed E-state index contributed by atoms with van der Waals surface area (Å²) >= 11 is 0. The topological polar surface area (TPSA) is 122 Å². The molecular formula is C9H5NO6. The van der Waals surface area contributed by atoms with Gasteiger partial charge in [0.2, 0.25) is 0 Å². The predicted octanol–water partition coefficient (Wildman–Crippen LogP) is -0.384. The van der Waals surface area contributed by atoms with Gasteiger partial charge >= 0.3 is 11.9 Å². The highest BCUT2D eigenvalue weighted by molar-refractivity contribution is 6.40. The highest BCUT2D eigenvalue weighted by atomic mass is 16.4. The van der Waals surface area contributed by atoms with Gasteiger partial charge in [-0.25, -0.2) is 9.59 Å². The van der Waals surface area contributed by atoms with Crippen LogP contribution in [0, 0.1) is 0 Å². The van der Waals surface area contributed by atoms with Gasteiger partial charge in [0.1, 0.15) is 5.69 Å². The van der Waals surface area contributed by atoms with E-state index in [1.165, 1.54) is 0 Å². The summed E-state index contributed by atoms with van der Waals surface area (Å²) in [4.78, 5) is 45.8. The molecule has 0 bridgehead atoms. The molecule has 0 atom stereocenters. The van der Waals surface area contributed by atoms with Gasteiger partial charge in [0.05, 0.1) is 0 Å². The maximum Gasteiger partial charge on any atom is 0.378 e. The number of aromatic nitrogens is 1. The van der Waals surface area contributed by atoms with Gasteiger partial charge in [-0.1, -0.05) is 0 Å². The van der Waals surface area contributed by atoms with Crippen molar-refractivity contribution in [2.75, 3.05) is 0 Å². The largest absolute Gasteiger partial charge is 0.475 e. The molecule has 0 aliphatic rings. The van der Waals surface area contributed by atoms with Crippen LogP contribution >= 0.6 is 0 Å². The number of carboxylic acids is 2. The fraction of sp³-hybridized carbons (Fsp3) is 0. The Bertz CT molecular complexity index is 430. The summed E-state index contributed by atoms with van der Waals surface area (Å²) in [6.45, 7) is 0. The van der Waals surface area contributed by atoms with Gasteiger partial charge in [-0.3, -0.25) is 14.6 Å². The maximum atomic E-state index is 10.9. The third-order valence-electron chi connectivity index (χ3n) is 1.65. The van der Waals surface area contributed by atoms with Crippen LogP contribution in [0.5, 0.6) is 0 Å². The highest BCUT2D eigenvalue weighted by Crippen LogP contribution is 2.02. The molecule has 82 valence electrons. The van der Waals surface area contributed by atoms with E-state index in [4.69, 9.17) is 10.2 Å². The molecule has 1 aromatic heterocycles. The molecular weight excluding hydrogens is 218 g/mol. The molecule has 7 heteroatoms. The molecule has 0 aromatic carbocycles. The normalized spacial score (nSPS) is 9.50. The van der Waals surface area contributed by atoms with Crippen molar-refractivity contribution in [3.8, 4) is 0 Å². The van der Waals surface area contributed by atoms with Crippen LogP contribution in [0.2, 0.25) is 0 Å². The Morgan fingerprint density at radius 2 is 1.50 bits per heavy atom. The van der Waals surface area contributed by atoms with E-state index in [-0.39, 0.29) is 11.3 Å². The van der Waals surface area contributed by atoms with Gasteiger partial charge in [0.25, 0.3) is 11.6 Å². The minimum Gasteiger partial charge on any atom is -0.475 e. The minimum atomic E-state index is -1.68. The minimum absolute atomic E-state index is 0.227. The molecule has 0 saturated heterocycles. The number of hydrogen-bond donors (Lipinski definition) is 2. The molecule has 0 unspecified atom stereocenters. The van der Waals surface area contributed by atoms with E-state index < -0.39 is 23.5 Å². The number of carbonyl (C=O) groups is 4. The third kappa shape index (κ3) is 2.27. The first-order chi connectivity index (χ1) is 7.43. The monoisotopic (exact) mass is 223 g/mol. The summed E-state index contributed by atoms with van der Waals surface area (Å²) in [5, 5.41) is 16.7. The van der Waals surface area contributed by atoms with Crippen LogP contribution in [0.1, 0.15) is 20.8 Å². The van der Waals surface area contributed by atoms with Gasteiger partial charge in [-0.05, 0) is 12.1 Å². The molecule has 0 aliphatic carbocycles. The Morgan fingerprint density at radius 1 is 0.938 bits per heavy atom. The van der Waals surface area contributed by atoms with Crippen molar-refractivity contribution in [1.82, 2.24) is 4.98 Å². The molecule has 0 saturated carbocycles. The third-order valence-corrected chi connectivity index (χ3v) is 1.65. The van der Waals surface area contributed by atoms with Crippen LogP contribution in [-0.2, 0) is 9.59 Å². The average molecular weight is 223 g/mol. The van der Waals surface area contributed by atoms with Crippen molar-refractivity contribution in [3.05, 3.63) is 29.6 Å². The van der Waals surface area contributed by atoms with E-state index in [9.17, 15) is 19.2 Å². The number of pyridine rings is 1. The number of ketones is 2. The van der Waals surface area contributed by atoms with Crippen LogP contribution in [-0.4, -0.2) is 38.7 Å². The number of carboxylic acid groups (broad SMARTS) is 2. The molecule has 0 fully saturated rings. The van der Waals surface area contributed by atoms with Crippen molar-refractivity contribution in [2.24, 2.45) is 0 Å². The fourth-order valence-electron chi connectivity index (χ4n) is 0.896. The molecule has 2 N–H and O–H groups in total.